The van der Waals surface area contributed by atoms with E-state index in [1.54, 1.807) is 0 Å². The van der Waals surface area contributed by atoms with Gasteiger partial charge in [-0.2, -0.15) is 0 Å². The van der Waals surface area contributed by atoms with Crippen molar-refractivity contribution in [3.63, 3.8) is 0 Å². The van der Waals surface area contributed by atoms with Crippen molar-refractivity contribution in [2.45, 2.75) is 25.9 Å². The number of carbonyl (C=O) groups is 2. The van der Waals surface area contributed by atoms with Crippen LogP contribution >= 0.6 is 11.6 Å². The van der Waals surface area contributed by atoms with Gasteiger partial charge in [-0.1, -0.05) is 24.9 Å². The van der Waals surface area contributed by atoms with E-state index in [-0.39, 0.29) is 16.5 Å². The first-order valence-corrected chi connectivity index (χ1v) is 6.13. The van der Waals surface area contributed by atoms with E-state index >= 15 is 0 Å². The first kappa shape index (κ1) is 15.3. The molecular weight excluding hydrogens is 272 g/mol. The lowest BCUT2D eigenvalue weighted by atomic mass is 10.2. The molecule has 0 bridgehead atoms. The Hall–Kier alpha value is -1.75. The second-order valence-electron chi connectivity index (χ2n) is 3.89. The molecule has 104 valence electrons. The molecule has 19 heavy (non-hydrogen) atoms. The number of benzene rings is 1. The third kappa shape index (κ3) is 3.86. The Kier molecular flexibility index (Phi) is 5.63. The van der Waals surface area contributed by atoms with Gasteiger partial charge in [0.05, 0.1) is 12.1 Å². The minimum atomic E-state index is -1.07. The van der Waals surface area contributed by atoms with Crippen molar-refractivity contribution >= 4 is 23.9 Å². The van der Waals surface area contributed by atoms with Gasteiger partial charge in [-0.15, -0.1) is 0 Å². The van der Waals surface area contributed by atoms with Crippen LogP contribution in [-0.4, -0.2) is 30.6 Å². The third-order valence-corrected chi connectivity index (χ3v) is 2.76. The van der Waals surface area contributed by atoms with Gasteiger partial charge in [0.25, 0.3) is 0 Å². The van der Waals surface area contributed by atoms with Crippen LogP contribution in [0, 0.1) is 0 Å². The predicted octanol–water partition coefficient (Wildman–Crippen LogP) is 2.79. The van der Waals surface area contributed by atoms with Gasteiger partial charge < -0.3 is 14.6 Å². The molecule has 1 aromatic carbocycles. The summed E-state index contributed by atoms with van der Waals surface area (Å²) in [6, 6.07) is 2.84. The summed E-state index contributed by atoms with van der Waals surface area (Å²) in [4.78, 5) is 21.8. The van der Waals surface area contributed by atoms with Crippen LogP contribution in [0.15, 0.2) is 12.1 Å². The van der Waals surface area contributed by atoms with Crippen LogP contribution in [0.3, 0.4) is 0 Å². The largest absolute Gasteiger partial charge is 0.493 e. The van der Waals surface area contributed by atoms with Crippen molar-refractivity contribution in [3.05, 3.63) is 22.7 Å². The van der Waals surface area contributed by atoms with Crippen LogP contribution in [0.1, 0.15) is 30.1 Å². The van der Waals surface area contributed by atoms with Crippen molar-refractivity contribution < 1.29 is 24.2 Å². The van der Waals surface area contributed by atoms with E-state index in [0.717, 1.165) is 0 Å². The molecular formula is C13H15ClO5. The number of hydrogen-bond acceptors (Lipinski definition) is 4. The first-order valence-electron chi connectivity index (χ1n) is 5.75. The maximum Gasteiger partial charge on any atom is 0.344 e. The standard InChI is InChI=1S/C13H15ClO5/c1-3-4-10(13(16)17)19-12-9(14)5-8(7-15)6-11(12)18-2/h5-7,10H,3-4H2,1-2H3,(H,16,17). The number of methoxy groups -OCH3 is 1. The summed E-state index contributed by atoms with van der Waals surface area (Å²) in [6.07, 6.45) is 0.630. The smallest absolute Gasteiger partial charge is 0.344 e. The topological polar surface area (TPSA) is 72.8 Å². The molecule has 0 aromatic heterocycles. The highest BCUT2D eigenvalue weighted by atomic mass is 35.5. The molecule has 0 aliphatic rings. The van der Waals surface area contributed by atoms with E-state index in [9.17, 15) is 9.59 Å². The van der Waals surface area contributed by atoms with Gasteiger partial charge in [0.1, 0.15) is 6.29 Å². The van der Waals surface area contributed by atoms with Gasteiger partial charge in [-0.25, -0.2) is 4.79 Å². The van der Waals surface area contributed by atoms with Crippen LogP contribution in [0.2, 0.25) is 5.02 Å². The minimum absolute atomic E-state index is 0.135. The molecule has 0 spiro atoms. The molecule has 1 rings (SSSR count). The van der Waals surface area contributed by atoms with E-state index in [4.69, 9.17) is 26.2 Å². The molecule has 0 radical (unpaired) electrons. The average Bonchev–Trinajstić information content (AvgIpc) is 2.39. The molecule has 0 fully saturated rings. The van der Waals surface area contributed by atoms with E-state index < -0.39 is 12.1 Å². The highest BCUT2D eigenvalue weighted by molar-refractivity contribution is 6.32. The van der Waals surface area contributed by atoms with E-state index in [2.05, 4.69) is 0 Å². The number of halogens is 1. The van der Waals surface area contributed by atoms with Crippen LogP contribution in [0.4, 0.5) is 0 Å². The van der Waals surface area contributed by atoms with E-state index in [1.807, 2.05) is 6.92 Å². The molecule has 1 atom stereocenters. The van der Waals surface area contributed by atoms with Gasteiger partial charge in [-0.3, -0.25) is 4.79 Å². The number of ether oxygens (including phenoxy) is 2. The fourth-order valence-corrected chi connectivity index (χ4v) is 1.82. The fourth-order valence-electron chi connectivity index (χ4n) is 1.56. The summed E-state index contributed by atoms with van der Waals surface area (Å²) >= 11 is 5.98. The zero-order valence-corrected chi connectivity index (χ0v) is 11.4. The lowest BCUT2D eigenvalue weighted by Gasteiger charge is -2.18. The highest BCUT2D eigenvalue weighted by Gasteiger charge is 2.22. The molecule has 0 saturated carbocycles. The predicted molar refractivity (Wildman–Crippen MR) is 70.4 cm³/mol. The molecule has 6 heteroatoms. The number of aldehydes is 1. The SMILES string of the molecule is CCCC(Oc1c(Cl)cc(C=O)cc1OC)C(=O)O. The van der Waals surface area contributed by atoms with Crippen molar-refractivity contribution in [2.75, 3.05) is 7.11 Å². The number of aliphatic carboxylic acids is 1. The van der Waals surface area contributed by atoms with Gasteiger partial charge in [0.2, 0.25) is 0 Å². The van der Waals surface area contributed by atoms with Gasteiger partial charge in [0.15, 0.2) is 17.6 Å². The fraction of sp³-hybridized carbons (Fsp3) is 0.385. The van der Waals surface area contributed by atoms with E-state index in [1.165, 1.54) is 19.2 Å². The lowest BCUT2D eigenvalue weighted by molar-refractivity contribution is -0.145. The van der Waals surface area contributed by atoms with Crippen LogP contribution in [-0.2, 0) is 4.79 Å². The molecule has 1 unspecified atom stereocenters. The van der Waals surface area contributed by atoms with Crippen LogP contribution < -0.4 is 9.47 Å². The quantitative estimate of drug-likeness (QED) is 0.780. The van der Waals surface area contributed by atoms with Gasteiger partial charge in [0, 0.05) is 5.56 Å². The molecule has 0 aliphatic heterocycles. The Bertz CT molecular complexity index is 472. The zero-order chi connectivity index (χ0) is 14.4. The van der Waals surface area contributed by atoms with Crippen LogP contribution in [0.25, 0.3) is 0 Å². The Morgan fingerprint density at radius 1 is 1.53 bits per heavy atom. The lowest BCUT2D eigenvalue weighted by Crippen LogP contribution is -2.27. The summed E-state index contributed by atoms with van der Waals surface area (Å²) in [5.41, 5.74) is 0.330. The Balaban J connectivity index is 3.11. The monoisotopic (exact) mass is 286 g/mol. The summed E-state index contributed by atoms with van der Waals surface area (Å²) in [6.45, 7) is 1.85. The molecule has 0 amide bonds. The van der Waals surface area contributed by atoms with Crippen LogP contribution in [0.5, 0.6) is 11.5 Å². The van der Waals surface area contributed by atoms with Gasteiger partial charge >= 0.3 is 5.97 Å². The second-order valence-corrected chi connectivity index (χ2v) is 4.29. The number of rotatable bonds is 7. The van der Waals surface area contributed by atoms with Crippen molar-refractivity contribution in [1.29, 1.82) is 0 Å². The zero-order valence-electron chi connectivity index (χ0n) is 10.7. The van der Waals surface area contributed by atoms with Crippen molar-refractivity contribution in [2.24, 2.45) is 0 Å². The summed E-state index contributed by atoms with van der Waals surface area (Å²) in [5, 5.41) is 9.20. The third-order valence-electron chi connectivity index (χ3n) is 2.47. The molecule has 1 aromatic rings. The first-order chi connectivity index (χ1) is 9.03. The molecule has 5 nitrogen and oxygen atoms in total. The maximum absolute atomic E-state index is 11.1. The number of carboxylic acids is 1. The van der Waals surface area contributed by atoms with Gasteiger partial charge in [-0.05, 0) is 18.6 Å². The Labute approximate surface area is 116 Å². The van der Waals surface area contributed by atoms with E-state index in [0.29, 0.717) is 24.7 Å². The number of hydrogen-bond donors (Lipinski definition) is 1. The van der Waals surface area contributed by atoms with Crippen molar-refractivity contribution in [3.8, 4) is 11.5 Å². The molecule has 0 heterocycles. The maximum atomic E-state index is 11.1. The summed E-state index contributed by atoms with van der Waals surface area (Å²) in [5.74, 6) is -0.702. The molecule has 0 saturated heterocycles. The number of carbonyl (C=O) groups excluding carboxylic acids is 1. The summed E-state index contributed by atoms with van der Waals surface area (Å²) < 4.78 is 10.5. The second kappa shape index (κ2) is 6.99. The summed E-state index contributed by atoms with van der Waals surface area (Å²) in [7, 11) is 1.39. The average molecular weight is 287 g/mol. The normalized spacial score (nSPS) is 11.7. The van der Waals surface area contributed by atoms with Crippen molar-refractivity contribution in [1.82, 2.24) is 0 Å². The molecule has 1 N–H and O–H groups in total. The Morgan fingerprint density at radius 3 is 2.68 bits per heavy atom. The Morgan fingerprint density at radius 2 is 2.21 bits per heavy atom. The highest BCUT2D eigenvalue weighted by Crippen LogP contribution is 2.37. The molecule has 0 aliphatic carbocycles. The minimum Gasteiger partial charge on any atom is -0.493 e. The number of carboxylic acid groups (broad SMARTS) is 1.